The number of aromatic nitrogens is 4. The van der Waals surface area contributed by atoms with E-state index >= 15 is 0 Å². The SMILES string of the molecule is COc1ccc(NC(=O)CSc2nc(-c3cccs3)nc3c2c(=O)n(C)c(=O)n3C)cc1. The maximum Gasteiger partial charge on any atom is 0.332 e. The number of nitrogens with zero attached hydrogens (tertiary/aromatic N) is 4. The summed E-state index contributed by atoms with van der Waals surface area (Å²) >= 11 is 2.57. The summed E-state index contributed by atoms with van der Waals surface area (Å²) in [6, 6.07) is 10.7. The van der Waals surface area contributed by atoms with Crippen LogP contribution in [0.25, 0.3) is 21.7 Å². The number of hydrogen-bond donors (Lipinski definition) is 1. The van der Waals surface area contributed by atoms with Crippen LogP contribution in [0.1, 0.15) is 0 Å². The number of anilines is 1. The van der Waals surface area contributed by atoms with Crippen molar-refractivity contribution in [3.8, 4) is 16.5 Å². The highest BCUT2D eigenvalue weighted by Crippen LogP contribution is 2.28. The minimum atomic E-state index is -0.501. The van der Waals surface area contributed by atoms with E-state index in [9.17, 15) is 14.4 Å². The molecule has 0 aliphatic carbocycles. The Morgan fingerprint density at radius 3 is 2.53 bits per heavy atom. The van der Waals surface area contributed by atoms with Crippen molar-refractivity contribution in [1.29, 1.82) is 0 Å². The minimum Gasteiger partial charge on any atom is -0.497 e. The smallest absolute Gasteiger partial charge is 0.332 e. The maximum atomic E-state index is 12.9. The summed E-state index contributed by atoms with van der Waals surface area (Å²) in [5, 5.41) is 5.25. The summed E-state index contributed by atoms with van der Waals surface area (Å²) in [4.78, 5) is 47.6. The van der Waals surface area contributed by atoms with E-state index in [1.54, 1.807) is 38.4 Å². The molecule has 0 unspecified atom stereocenters. The molecule has 3 heterocycles. The highest BCUT2D eigenvalue weighted by atomic mass is 32.2. The molecule has 4 aromatic rings. The van der Waals surface area contributed by atoms with E-state index < -0.39 is 11.2 Å². The molecule has 164 valence electrons. The lowest BCUT2D eigenvalue weighted by molar-refractivity contribution is -0.113. The fourth-order valence-corrected chi connectivity index (χ4v) is 4.53. The number of thioether (sulfide) groups is 1. The van der Waals surface area contributed by atoms with Crippen LogP contribution in [-0.4, -0.2) is 37.9 Å². The molecule has 0 radical (unpaired) electrons. The van der Waals surface area contributed by atoms with Crippen LogP contribution >= 0.6 is 23.1 Å². The number of carbonyl (C=O) groups is 1. The van der Waals surface area contributed by atoms with Crippen LogP contribution in [0.2, 0.25) is 0 Å². The van der Waals surface area contributed by atoms with Gasteiger partial charge >= 0.3 is 5.69 Å². The molecule has 0 atom stereocenters. The van der Waals surface area contributed by atoms with E-state index in [4.69, 9.17) is 4.74 Å². The summed E-state index contributed by atoms with van der Waals surface area (Å²) in [7, 11) is 4.53. The molecule has 1 amide bonds. The standard InChI is InChI=1S/C21H19N5O4S2/c1-25-18-16(20(28)26(2)21(25)29)19(24-17(23-18)14-5-4-10-31-14)32-11-15(27)22-12-6-8-13(30-3)9-7-12/h4-10H,11H2,1-3H3,(H,22,27). The number of carbonyl (C=O) groups excluding carboxylic acids is 1. The number of hydrogen-bond acceptors (Lipinski definition) is 8. The fraction of sp³-hybridized carbons (Fsp3) is 0.190. The third kappa shape index (κ3) is 4.16. The second-order valence-electron chi connectivity index (χ2n) is 6.80. The number of thiophene rings is 1. The molecular formula is C21H19N5O4S2. The molecule has 1 N–H and O–H groups in total. The normalized spacial score (nSPS) is 11.0. The number of rotatable bonds is 6. The first-order chi connectivity index (χ1) is 15.4. The zero-order valence-electron chi connectivity index (χ0n) is 17.5. The lowest BCUT2D eigenvalue weighted by Crippen LogP contribution is -2.37. The van der Waals surface area contributed by atoms with Gasteiger partial charge < -0.3 is 10.1 Å². The number of methoxy groups -OCH3 is 1. The average molecular weight is 470 g/mol. The van der Waals surface area contributed by atoms with Gasteiger partial charge in [0.1, 0.15) is 16.2 Å². The zero-order chi connectivity index (χ0) is 22.8. The number of fused-ring (bicyclic) bond motifs is 1. The van der Waals surface area contributed by atoms with Crippen molar-refractivity contribution >= 4 is 45.7 Å². The molecule has 4 rings (SSSR count). The van der Waals surface area contributed by atoms with Gasteiger partial charge in [0.15, 0.2) is 11.5 Å². The molecule has 0 saturated heterocycles. The van der Waals surface area contributed by atoms with E-state index in [0.717, 1.165) is 21.2 Å². The van der Waals surface area contributed by atoms with Crippen LogP contribution < -0.4 is 21.3 Å². The third-order valence-electron chi connectivity index (χ3n) is 4.72. The second-order valence-corrected chi connectivity index (χ2v) is 8.71. The van der Waals surface area contributed by atoms with Gasteiger partial charge in [-0.15, -0.1) is 11.3 Å². The topological polar surface area (TPSA) is 108 Å². The van der Waals surface area contributed by atoms with E-state index in [1.807, 2.05) is 17.5 Å². The van der Waals surface area contributed by atoms with E-state index in [-0.39, 0.29) is 22.7 Å². The van der Waals surface area contributed by atoms with E-state index in [1.165, 1.54) is 23.0 Å². The van der Waals surface area contributed by atoms with Gasteiger partial charge in [0, 0.05) is 19.8 Å². The monoisotopic (exact) mass is 469 g/mol. The van der Waals surface area contributed by atoms with Crippen molar-refractivity contribution in [2.24, 2.45) is 14.1 Å². The Hall–Kier alpha value is -3.44. The fourth-order valence-electron chi connectivity index (χ4n) is 3.05. The van der Waals surface area contributed by atoms with Crippen molar-refractivity contribution in [3.05, 3.63) is 62.6 Å². The number of benzene rings is 1. The van der Waals surface area contributed by atoms with Crippen molar-refractivity contribution in [1.82, 2.24) is 19.1 Å². The molecule has 0 spiro atoms. The van der Waals surface area contributed by atoms with Gasteiger partial charge in [0.25, 0.3) is 5.56 Å². The Morgan fingerprint density at radius 1 is 1.12 bits per heavy atom. The molecule has 1 aromatic carbocycles. The van der Waals surface area contributed by atoms with Gasteiger partial charge in [-0.25, -0.2) is 14.8 Å². The summed E-state index contributed by atoms with van der Waals surface area (Å²) in [5.74, 6) is 0.848. The quantitative estimate of drug-likeness (QED) is 0.341. The van der Waals surface area contributed by atoms with Gasteiger partial charge in [0.2, 0.25) is 5.91 Å². The van der Waals surface area contributed by atoms with Crippen LogP contribution in [-0.2, 0) is 18.9 Å². The van der Waals surface area contributed by atoms with Crippen LogP contribution in [0.3, 0.4) is 0 Å². The number of amides is 1. The first-order valence-electron chi connectivity index (χ1n) is 9.47. The summed E-state index contributed by atoms with van der Waals surface area (Å²) in [6.07, 6.45) is 0. The number of nitrogens with one attached hydrogen (secondary N) is 1. The summed E-state index contributed by atoms with van der Waals surface area (Å²) < 4.78 is 7.44. The van der Waals surface area contributed by atoms with Crippen molar-refractivity contribution in [2.75, 3.05) is 18.2 Å². The molecule has 11 heteroatoms. The van der Waals surface area contributed by atoms with Crippen LogP contribution in [0, 0.1) is 0 Å². The first-order valence-corrected chi connectivity index (χ1v) is 11.3. The highest BCUT2D eigenvalue weighted by molar-refractivity contribution is 8.00. The van der Waals surface area contributed by atoms with Crippen molar-refractivity contribution < 1.29 is 9.53 Å². The van der Waals surface area contributed by atoms with Crippen LogP contribution in [0.4, 0.5) is 5.69 Å². The summed E-state index contributed by atoms with van der Waals surface area (Å²) in [6.45, 7) is 0. The lowest BCUT2D eigenvalue weighted by atomic mass is 10.3. The Labute approximate surface area is 190 Å². The third-order valence-corrected chi connectivity index (χ3v) is 6.56. The van der Waals surface area contributed by atoms with Gasteiger partial charge in [-0.05, 0) is 35.7 Å². The highest BCUT2D eigenvalue weighted by Gasteiger charge is 2.19. The number of aryl methyl sites for hydroxylation is 1. The Balaban J connectivity index is 1.69. The van der Waals surface area contributed by atoms with Crippen LogP contribution in [0.5, 0.6) is 5.75 Å². The Bertz CT molecular complexity index is 1410. The van der Waals surface area contributed by atoms with Crippen LogP contribution in [0.15, 0.2) is 56.4 Å². The molecular weight excluding hydrogens is 450 g/mol. The molecule has 9 nitrogen and oxygen atoms in total. The van der Waals surface area contributed by atoms with Gasteiger partial charge in [0.05, 0.1) is 17.7 Å². The molecule has 0 bridgehead atoms. The zero-order valence-corrected chi connectivity index (χ0v) is 19.1. The molecule has 3 aromatic heterocycles. The van der Waals surface area contributed by atoms with Crippen molar-refractivity contribution in [2.45, 2.75) is 5.03 Å². The molecule has 0 aliphatic heterocycles. The van der Waals surface area contributed by atoms with E-state index in [0.29, 0.717) is 22.3 Å². The Kier molecular flexibility index (Phi) is 6.10. The molecule has 0 aliphatic rings. The van der Waals surface area contributed by atoms with Gasteiger partial charge in [-0.3, -0.25) is 18.7 Å². The average Bonchev–Trinajstić information content (AvgIpc) is 3.35. The molecule has 0 saturated carbocycles. The van der Waals surface area contributed by atoms with Gasteiger partial charge in [-0.2, -0.15) is 0 Å². The minimum absolute atomic E-state index is 0.0218. The lowest BCUT2D eigenvalue weighted by Gasteiger charge is -2.11. The largest absolute Gasteiger partial charge is 0.497 e. The van der Waals surface area contributed by atoms with Crippen molar-refractivity contribution in [3.63, 3.8) is 0 Å². The summed E-state index contributed by atoms with van der Waals surface area (Å²) in [5.41, 5.74) is -0.124. The first kappa shape index (κ1) is 21.8. The maximum absolute atomic E-state index is 12.9. The molecule has 0 fully saturated rings. The van der Waals surface area contributed by atoms with Gasteiger partial charge in [-0.1, -0.05) is 17.8 Å². The predicted molar refractivity (Wildman–Crippen MR) is 126 cm³/mol. The number of ether oxygens (including phenoxy) is 1. The molecule has 32 heavy (non-hydrogen) atoms. The second kappa shape index (κ2) is 8.97. The van der Waals surface area contributed by atoms with E-state index in [2.05, 4.69) is 15.3 Å². The predicted octanol–water partition coefficient (Wildman–Crippen LogP) is 2.50. The Morgan fingerprint density at radius 2 is 1.88 bits per heavy atom.